The average Bonchev–Trinajstić information content (AvgIpc) is 2.53. The number of halogens is 1. The van der Waals surface area contributed by atoms with Crippen molar-refractivity contribution in [2.24, 2.45) is 5.92 Å². The lowest BCUT2D eigenvalue weighted by Crippen LogP contribution is -2.44. The van der Waals surface area contributed by atoms with E-state index in [-0.39, 0.29) is 11.7 Å². The van der Waals surface area contributed by atoms with Gasteiger partial charge in [0.25, 0.3) is 0 Å². The van der Waals surface area contributed by atoms with Crippen LogP contribution in [-0.2, 0) is 11.3 Å². The normalized spacial score (nSPS) is 18.8. The molecule has 0 spiro atoms. The van der Waals surface area contributed by atoms with Crippen molar-refractivity contribution in [3.05, 3.63) is 35.6 Å². The zero-order valence-electron chi connectivity index (χ0n) is 15.2. The maximum absolute atomic E-state index is 13.8. The van der Waals surface area contributed by atoms with Crippen LogP contribution in [-0.4, -0.2) is 67.4 Å². The fourth-order valence-electron chi connectivity index (χ4n) is 3.32. The molecule has 2 rings (SSSR count). The van der Waals surface area contributed by atoms with Crippen LogP contribution in [0.2, 0.25) is 0 Å². The number of carbonyl (C=O) groups excluding carboxylic acids is 1. The fraction of sp³-hybridized carbons (Fsp3) is 0.632. The lowest BCUT2D eigenvalue weighted by molar-refractivity contribution is -0.129. The minimum atomic E-state index is -0.129. The van der Waals surface area contributed by atoms with Gasteiger partial charge in [-0.3, -0.25) is 9.69 Å². The van der Waals surface area contributed by atoms with Crippen molar-refractivity contribution >= 4 is 5.91 Å². The summed E-state index contributed by atoms with van der Waals surface area (Å²) in [7, 11) is 4.05. The monoisotopic (exact) mass is 335 g/mol. The van der Waals surface area contributed by atoms with Gasteiger partial charge in [0.1, 0.15) is 5.82 Å². The number of carbonyl (C=O) groups is 1. The number of benzene rings is 1. The van der Waals surface area contributed by atoms with Gasteiger partial charge in [-0.1, -0.05) is 18.2 Å². The summed E-state index contributed by atoms with van der Waals surface area (Å²) in [5.74, 6) is 0.482. The Balaban J connectivity index is 1.89. The lowest BCUT2D eigenvalue weighted by Gasteiger charge is -2.35. The highest BCUT2D eigenvalue weighted by Crippen LogP contribution is 2.20. The Bertz CT molecular complexity index is 535. The first-order chi connectivity index (χ1) is 11.5. The molecule has 0 aromatic heterocycles. The second-order valence-corrected chi connectivity index (χ2v) is 7.10. The number of likely N-dealkylation sites (N-methyl/N-ethyl adjacent to an activating group) is 1. The number of nitrogens with zero attached hydrogens (tertiary/aromatic N) is 3. The summed E-state index contributed by atoms with van der Waals surface area (Å²) in [6.45, 7) is 6.69. The van der Waals surface area contributed by atoms with E-state index >= 15 is 0 Å². The molecule has 134 valence electrons. The zero-order valence-corrected chi connectivity index (χ0v) is 15.2. The van der Waals surface area contributed by atoms with Crippen LogP contribution in [0.5, 0.6) is 0 Å². The van der Waals surface area contributed by atoms with E-state index in [1.165, 1.54) is 6.07 Å². The van der Waals surface area contributed by atoms with Gasteiger partial charge in [-0.25, -0.2) is 4.39 Å². The zero-order chi connectivity index (χ0) is 17.5. The molecule has 1 aliphatic heterocycles. The molecule has 24 heavy (non-hydrogen) atoms. The third-order valence-corrected chi connectivity index (χ3v) is 4.70. The second kappa shape index (κ2) is 9.14. The molecule has 1 fully saturated rings. The minimum Gasteiger partial charge on any atom is -0.341 e. The first kappa shape index (κ1) is 18.9. The molecule has 1 aromatic carbocycles. The highest BCUT2D eigenvalue weighted by atomic mass is 19.1. The third-order valence-electron chi connectivity index (χ3n) is 4.70. The molecule has 0 radical (unpaired) electrons. The molecule has 0 N–H and O–H groups in total. The molecule has 0 bridgehead atoms. The molecule has 1 aromatic rings. The number of rotatable bonds is 7. The summed E-state index contributed by atoms with van der Waals surface area (Å²) < 4.78 is 13.8. The van der Waals surface area contributed by atoms with E-state index in [1.807, 2.05) is 31.1 Å². The number of hydrogen-bond donors (Lipinski definition) is 0. The van der Waals surface area contributed by atoms with Crippen LogP contribution < -0.4 is 0 Å². The van der Waals surface area contributed by atoms with Crippen molar-refractivity contribution in [2.45, 2.75) is 26.3 Å². The maximum atomic E-state index is 13.8. The van der Waals surface area contributed by atoms with Crippen molar-refractivity contribution in [1.82, 2.24) is 14.7 Å². The van der Waals surface area contributed by atoms with Crippen molar-refractivity contribution in [3.8, 4) is 0 Å². The molecule has 0 saturated carbocycles. The van der Waals surface area contributed by atoms with E-state index < -0.39 is 0 Å². The quantitative estimate of drug-likeness (QED) is 0.766. The van der Waals surface area contributed by atoms with Crippen LogP contribution in [0.15, 0.2) is 24.3 Å². The SMILES string of the molecule is CC(=O)N(CCN(C)C)C[C@@H]1CCCN(Cc2ccccc2F)C1. The molecule has 0 unspecified atom stereocenters. The van der Waals surface area contributed by atoms with Crippen LogP contribution in [0.4, 0.5) is 4.39 Å². The van der Waals surface area contributed by atoms with Gasteiger partial charge in [0, 0.05) is 45.2 Å². The Morgan fingerprint density at radius 3 is 2.71 bits per heavy atom. The van der Waals surface area contributed by atoms with Gasteiger partial charge in [-0.05, 0) is 45.5 Å². The van der Waals surface area contributed by atoms with Gasteiger partial charge in [0.2, 0.25) is 5.91 Å². The van der Waals surface area contributed by atoms with Crippen molar-refractivity contribution in [3.63, 3.8) is 0 Å². The Morgan fingerprint density at radius 1 is 1.29 bits per heavy atom. The van der Waals surface area contributed by atoms with Crippen molar-refractivity contribution in [2.75, 3.05) is 46.8 Å². The van der Waals surface area contributed by atoms with E-state index in [1.54, 1.807) is 13.0 Å². The van der Waals surface area contributed by atoms with Crippen LogP contribution >= 0.6 is 0 Å². The molecule has 1 amide bonds. The van der Waals surface area contributed by atoms with Crippen LogP contribution in [0.25, 0.3) is 0 Å². The molecule has 4 nitrogen and oxygen atoms in total. The molecule has 5 heteroatoms. The van der Waals surface area contributed by atoms with Gasteiger partial charge < -0.3 is 9.80 Å². The molecule has 0 aliphatic carbocycles. The Labute approximate surface area is 145 Å². The largest absolute Gasteiger partial charge is 0.341 e. The highest BCUT2D eigenvalue weighted by Gasteiger charge is 2.23. The van der Waals surface area contributed by atoms with Gasteiger partial charge >= 0.3 is 0 Å². The van der Waals surface area contributed by atoms with Crippen LogP contribution in [0.1, 0.15) is 25.3 Å². The van der Waals surface area contributed by atoms with Crippen LogP contribution in [0.3, 0.4) is 0 Å². The molecule has 1 aliphatic rings. The van der Waals surface area contributed by atoms with Gasteiger partial charge in [-0.15, -0.1) is 0 Å². The topological polar surface area (TPSA) is 26.8 Å². The molecule has 1 atom stereocenters. The fourth-order valence-corrected chi connectivity index (χ4v) is 3.32. The minimum absolute atomic E-state index is 0.129. The Morgan fingerprint density at radius 2 is 2.04 bits per heavy atom. The lowest BCUT2D eigenvalue weighted by atomic mass is 9.96. The summed E-state index contributed by atoms with van der Waals surface area (Å²) in [4.78, 5) is 18.3. The Kier molecular flexibility index (Phi) is 7.18. The predicted molar refractivity (Wildman–Crippen MR) is 95.2 cm³/mol. The summed E-state index contributed by atoms with van der Waals surface area (Å²) in [6, 6.07) is 7.00. The number of likely N-dealkylation sites (tertiary alicyclic amines) is 1. The van der Waals surface area contributed by atoms with Crippen molar-refractivity contribution in [1.29, 1.82) is 0 Å². The summed E-state index contributed by atoms with van der Waals surface area (Å²) in [5.41, 5.74) is 0.759. The average molecular weight is 335 g/mol. The van der Waals surface area contributed by atoms with Gasteiger partial charge in [-0.2, -0.15) is 0 Å². The molecule has 1 heterocycles. The van der Waals surface area contributed by atoms with E-state index in [2.05, 4.69) is 9.80 Å². The van der Waals surface area contributed by atoms with Crippen molar-refractivity contribution < 1.29 is 9.18 Å². The van der Waals surface area contributed by atoms with Gasteiger partial charge in [0.15, 0.2) is 0 Å². The van der Waals surface area contributed by atoms with E-state index in [0.29, 0.717) is 12.5 Å². The maximum Gasteiger partial charge on any atom is 0.219 e. The third kappa shape index (κ3) is 5.87. The first-order valence-corrected chi connectivity index (χ1v) is 8.81. The second-order valence-electron chi connectivity index (χ2n) is 7.10. The molecule has 1 saturated heterocycles. The van der Waals surface area contributed by atoms with E-state index in [0.717, 1.165) is 51.1 Å². The predicted octanol–water partition coefficient (Wildman–Crippen LogP) is 2.45. The van der Waals surface area contributed by atoms with E-state index in [4.69, 9.17) is 0 Å². The summed E-state index contributed by atoms with van der Waals surface area (Å²) >= 11 is 0. The number of hydrogen-bond acceptors (Lipinski definition) is 3. The Hall–Kier alpha value is -1.46. The van der Waals surface area contributed by atoms with Gasteiger partial charge in [0.05, 0.1) is 0 Å². The standard InChI is InChI=1S/C19H30FN3O/c1-16(24)23(12-11-21(2)3)14-17-7-6-10-22(13-17)15-18-8-4-5-9-19(18)20/h4-5,8-9,17H,6-7,10-15H2,1-3H3/t17-/m1/s1. The smallest absolute Gasteiger partial charge is 0.219 e. The highest BCUT2D eigenvalue weighted by molar-refractivity contribution is 5.73. The molecular formula is C19H30FN3O. The van der Waals surface area contributed by atoms with Crippen LogP contribution in [0, 0.1) is 11.7 Å². The van der Waals surface area contributed by atoms with E-state index in [9.17, 15) is 9.18 Å². The molecular weight excluding hydrogens is 305 g/mol. The first-order valence-electron chi connectivity index (χ1n) is 8.81. The summed E-state index contributed by atoms with van der Waals surface area (Å²) in [5, 5.41) is 0. The summed E-state index contributed by atoms with van der Waals surface area (Å²) in [6.07, 6.45) is 2.25. The number of piperidine rings is 1. The number of amides is 1.